The molecule has 6 nitrogen and oxygen atoms in total. The molecule has 0 bridgehead atoms. The van der Waals surface area contributed by atoms with E-state index in [1.165, 1.54) is 0 Å². The summed E-state index contributed by atoms with van der Waals surface area (Å²) in [6.45, 7) is 5.86. The van der Waals surface area contributed by atoms with E-state index in [2.05, 4.69) is 20.0 Å². The fourth-order valence-corrected chi connectivity index (χ4v) is 4.32. The number of nitrogens with one attached hydrogen (secondary N) is 2. The SMILES string of the molecule is Cc1cccc(S(=O)(=O)Nc2nc3ccccc3nc2Nc2ccc(C)cc2C)c1. The van der Waals surface area contributed by atoms with E-state index in [1.54, 1.807) is 24.3 Å². The number of hydrogen-bond acceptors (Lipinski definition) is 5. The molecule has 4 rings (SSSR count). The van der Waals surface area contributed by atoms with Gasteiger partial charge < -0.3 is 5.32 Å². The highest BCUT2D eigenvalue weighted by molar-refractivity contribution is 7.92. The molecule has 0 amide bonds. The molecular formula is C23H22N4O2S. The average Bonchev–Trinajstić information content (AvgIpc) is 2.70. The van der Waals surface area contributed by atoms with Crippen LogP contribution in [0, 0.1) is 20.8 Å². The molecule has 0 saturated heterocycles. The summed E-state index contributed by atoms with van der Waals surface area (Å²) in [6, 6.07) is 20.1. The van der Waals surface area contributed by atoms with E-state index in [0.717, 1.165) is 22.4 Å². The quantitative estimate of drug-likeness (QED) is 0.471. The molecule has 7 heteroatoms. The summed E-state index contributed by atoms with van der Waals surface area (Å²) in [7, 11) is -3.83. The first-order valence-electron chi connectivity index (χ1n) is 9.52. The van der Waals surface area contributed by atoms with Gasteiger partial charge in [0.15, 0.2) is 11.6 Å². The molecule has 4 aromatic rings. The first-order chi connectivity index (χ1) is 14.3. The van der Waals surface area contributed by atoms with Gasteiger partial charge in [-0.05, 0) is 62.2 Å². The minimum atomic E-state index is -3.83. The zero-order valence-corrected chi connectivity index (χ0v) is 17.8. The maximum atomic E-state index is 13.0. The third-order valence-corrected chi connectivity index (χ3v) is 6.07. The van der Waals surface area contributed by atoms with E-state index in [4.69, 9.17) is 0 Å². The monoisotopic (exact) mass is 418 g/mol. The van der Waals surface area contributed by atoms with Crippen LogP contribution in [0.3, 0.4) is 0 Å². The van der Waals surface area contributed by atoms with E-state index < -0.39 is 10.0 Å². The second-order valence-corrected chi connectivity index (χ2v) is 8.96. The number of aryl methyl sites for hydroxylation is 3. The number of fused-ring (bicyclic) bond motifs is 1. The van der Waals surface area contributed by atoms with Crippen molar-refractivity contribution >= 4 is 38.4 Å². The average molecular weight is 419 g/mol. The molecule has 0 atom stereocenters. The highest BCUT2D eigenvalue weighted by Gasteiger charge is 2.19. The van der Waals surface area contributed by atoms with Crippen molar-refractivity contribution in [1.82, 2.24) is 9.97 Å². The molecule has 1 heterocycles. The lowest BCUT2D eigenvalue weighted by atomic mass is 10.1. The van der Waals surface area contributed by atoms with Crippen molar-refractivity contribution in [2.45, 2.75) is 25.7 Å². The Morgan fingerprint density at radius 2 is 1.40 bits per heavy atom. The summed E-state index contributed by atoms with van der Waals surface area (Å²) in [5.74, 6) is 0.493. The Hall–Kier alpha value is -3.45. The van der Waals surface area contributed by atoms with Crippen molar-refractivity contribution in [3.05, 3.63) is 83.4 Å². The number of nitrogens with zero attached hydrogens (tertiary/aromatic N) is 2. The smallest absolute Gasteiger partial charge is 0.263 e. The molecule has 152 valence electrons. The van der Waals surface area contributed by atoms with Gasteiger partial charge in [0.05, 0.1) is 15.9 Å². The van der Waals surface area contributed by atoms with Gasteiger partial charge in [0, 0.05) is 5.69 Å². The summed E-state index contributed by atoms with van der Waals surface area (Å²) >= 11 is 0. The molecule has 0 spiro atoms. The molecule has 0 saturated carbocycles. The van der Waals surface area contributed by atoms with Gasteiger partial charge in [0.2, 0.25) is 0 Å². The molecule has 1 aromatic heterocycles. The normalized spacial score (nSPS) is 11.4. The molecule has 3 aromatic carbocycles. The van der Waals surface area contributed by atoms with Gasteiger partial charge in [0.25, 0.3) is 10.0 Å². The molecule has 0 radical (unpaired) electrons. The fourth-order valence-electron chi connectivity index (χ4n) is 3.21. The maximum Gasteiger partial charge on any atom is 0.263 e. The van der Waals surface area contributed by atoms with E-state index >= 15 is 0 Å². The zero-order chi connectivity index (χ0) is 21.3. The molecular weight excluding hydrogens is 396 g/mol. The topological polar surface area (TPSA) is 84.0 Å². The largest absolute Gasteiger partial charge is 0.337 e. The molecule has 0 aliphatic heterocycles. The molecule has 2 N–H and O–H groups in total. The van der Waals surface area contributed by atoms with Crippen LogP contribution in [0.2, 0.25) is 0 Å². The first kappa shape index (κ1) is 19.8. The van der Waals surface area contributed by atoms with Gasteiger partial charge in [-0.15, -0.1) is 0 Å². The third kappa shape index (κ3) is 4.11. The van der Waals surface area contributed by atoms with Crippen molar-refractivity contribution < 1.29 is 8.42 Å². The van der Waals surface area contributed by atoms with E-state index in [9.17, 15) is 8.42 Å². The number of rotatable bonds is 5. The van der Waals surface area contributed by atoms with Crippen LogP contribution in [-0.4, -0.2) is 18.4 Å². The number of sulfonamides is 1. The summed E-state index contributed by atoms with van der Waals surface area (Å²) in [6.07, 6.45) is 0. The second kappa shape index (κ2) is 7.76. The molecule has 30 heavy (non-hydrogen) atoms. The lowest BCUT2D eigenvalue weighted by molar-refractivity contribution is 0.601. The van der Waals surface area contributed by atoms with E-state index in [1.807, 2.05) is 63.2 Å². The molecule has 0 unspecified atom stereocenters. The van der Waals surface area contributed by atoms with Crippen LogP contribution in [0.5, 0.6) is 0 Å². The Morgan fingerprint density at radius 3 is 2.07 bits per heavy atom. The highest BCUT2D eigenvalue weighted by Crippen LogP contribution is 2.28. The van der Waals surface area contributed by atoms with Crippen molar-refractivity contribution in [3.63, 3.8) is 0 Å². The summed E-state index contributed by atoms with van der Waals surface area (Å²) < 4.78 is 28.6. The van der Waals surface area contributed by atoms with Gasteiger partial charge in [-0.3, -0.25) is 4.72 Å². The summed E-state index contributed by atoms with van der Waals surface area (Å²) in [5.41, 5.74) is 5.13. The first-order valence-corrected chi connectivity index (χ1v) is 11.0. The molecule has 0 aliphatic carbocycles. The Morgan fingerprint density at radius 1 is 0.733 bits per heavy atom. The number of anilines is 3. The van der Waals surface area contributed by atoms with Gasteiger partial charge >= 0.3 is 0 Å². The minimum Gasteiger partial charge on any atom is -0.337 e. The van der Waals surface area contributed by atoms with Crippen LogP contribution in [0.15, 0.2) is 71.6 Å². The number of hydrogen-bond donors (Lipinski definition) is 2. The lowest BCUT2D eigenvalue weighted by Crippen LogP contribution is -2.16. The number of aromatic nitrogens is 2. The fraction of sp³-hybridized carbons (Fsp3) is 0.130. The predicted molar refractivity (Wildman–Crippen MR) is 121 cm³/mol. The van der Waals surface area contributed by atoms with Crippen LogP contribution < -0.4 is 10.0 Å². The Bertz CT molecular complexity index is 1350. The maximum absolute atomic E-state index is 13.0. The number of benzene rings is 3. The van der Waals surface area contributed by atoms with Crippen LogP contribution in [0.4, 0.5) is 17.3 Å². The van der Waals surface area contributed by atoms with Gasteiger partial charge in [-0.2, -0.15) is 0 Å². The lowest BCUT2D eigenvalue weighted by Gasteiger charge is -2.15. The Labute approximate surface area is 176 Å². The zero-order valence-electron chi connectivity index (χ0n) is 17.0. The van der Waals surface area contributed by atoms with Crippen molar-refractivity contribution in [2.75, 3.05) is 10.0 Å². The van der Waals surface area contributed by atoms with Gasteiger partial charge in [-0.25, -0.2) is 18.4 Å². The van der Waals surface area contributed by atoms with Crippen LogP contribution in [0.1, 0.15) is 16.7 Å². The van der Waals surface area contributed by atoms with Gasteiger partial charge in [-0.1, -0.05) is 42.0 Å². The van der Waals surface area contributed by atoms with Crippen molar-refractivity contribution in [2.24, 2.45) is 0 Å². The van der Waals surface area contributed by atoms with Crippen molar-refractivity contribution in [1.29, 1.82) is 0 Å². The van der Waals surface area contributed by atoms with Crippen LogP contribution in [-0.2, 0) is 10.0 Å². The van der Waals surface area contributed by atoms with Crippen LogP contribution in [0.25, 0.3) is 11.0 Å². The van der Waals surface area contributed by atoms with Crippen molar-refractivity contribution in [3.8, 4) is 0 Å². The standard InChI is InChI=1S/C23H22N4O2S/c1-15-7-6-8-18(14-15)30(28,29)27-23-22(24-19-12-11-16(2)13-17(19)3)25-20-9-4-5-10-21(20)26-23/h4-14H,1-3H3,(H,24,25)(H,26,27). The molecule has 0 aliphatic rings. The highest BCUT2D eigenvalue weighted by atomic mass is 32.2. The molecule has 0 fully saturated rings. The van der Waals surface area contributed by atoms with Gasteiger partial charge in [0.1, 0.15) is 0 Å². The predicted octanol–water partition coefficient (Wildman–Crippen LogP) is 5.10. The Balaban J connectivity index is 1.80. The minimum absolute atomic E-state index is 0.148. The van der Waals surface area contributed by atoms with E-state index in [0.29, 0.717) is 16.9 Å². The Kier molecular flexibility index (Phi) is 5.13. The van der Waals surface area contributed by atoms with Crippen LogP contribution >= 0.6 is 0 Å². The second-order valence-electron chi connectivity index (χ2n) is 7.27. The van der Waals surface area contributed by atoms with E-state index in [-0.39, 0.29) is 10.7 Å². The summed E-state index contributed by atoms with van der Waals surface area (Å²) in [4.78, 5) is 9.34. The number of para-hydroxylation sites is 2. The summed E-state index contributed by atoms with van der Waals surface area (Å²) in [5, 5.41) is 3.25. The third-order valence-electron chi connectivity index (χ3n) is 4.74.